The van der Waals surface area contributed by atoms with Crippen molar-refractivity contribution in [2.75, 3.05) is 6.61 Å². The molecule has 0 radical (unpaired) electrons. The van der Waals surface area contributed by atoms with Gasteiger partial charge in [-0.15, -0.1) is 0 Å². The second-order valence-corrected chi connectivity index (χ2v) is 4.01. The summed E-state index contributed by atoms with van der Waals surface area (Å²) in [5.74, 6) is -0.0178. The van der Waals surface area contributed by atoms with Crippen LogP contribution in [-0.2, 0) is 9.53 Å². The van der Waals surface area contributed by atoms with Crippen molar-refractivity contribution in [3.63, 3.8) is 0 Å². The molecule has 5 heteroatoms. The van der Waals surface area contributed by atoms with Crippen molar-refractivity contribution >= 4 is 22.9 Å². The molecule has 0 unspecified atom stereocenters. The molecule has 0 saturated carbocycles. The lowest BCUT2D eigenvalue weighted by Crippen LogP contribution is -2.05. The summed E-state index contributed by atoms with van der Waals surface area (Å²) in [5.41, 5.74) is 0.919. The van der Waals surface area contributed by atoms with Crippen LogP contribution in [0.25, 0.3) is 11.0 Å². The van der Waals surface area contributed by atoms with E-state index in [0.717, 1.165) is 0 Å². The van der Waals surface area contributed by atoms with E-state index in [2.05, 4.69) is 0 Å². The van der Waals surface area contributed by atoms with E-state index in [0.29, 0.717) is 28.0 Å². The number of furan rings is 1. The molecular formula is C14H14O5. The smallest absolute Gasteiger partial charge is 0.342 e. The highest BCUT2D eigenvalue weighted by molar-refractivity contribution is 6.05. The molecule has 0 aliphatic rings. The molecule has 0 amide bonds. The number of fused-ring (bicyclic) bond motifs is 1. The first-order valence-electron chi connectivity index (χ1n) is 5.91. The summed E-state index contributed by atoms with van der Waals surface area (Å²) in [5, 5.41) is 0.578. The quantitative estimate of drug-likeness (QED) is 0.628. The number of carbonyl (C=O) groups excluding carboxylic acids is 2. The molecule has 0 spiro atoms. The predicted molar refractivity (Wildman–Crippen MR) is 68.2 cm³/mol. The van der Waals surface area contributed by atoms with Crippen LogP contribution in [0.5, 0.6) is 5.75 Å². The molecule has 5 nitrogen and oxygen atoms in total. The van der Waals surface area contributed by atoms with Crippen molar-refractivity contribution in [2.45, 2.75) is 20.8 Å². The average molecular weight is 262 g/mol. The van der Waals surface area contributed by atoms with Crippen molar-refractivity contribution in [2.24, 2.45) is 0 Å². The van der Waals surface area contributed by atoms with Crippen LogP contribution < -0.4 is 4.74 Å². The van der Waals surface area contributed by atoms with E-state index in [4.69, 9.17) is 13.9 Å². The van der Waals surface area contributed by atoms with Gasteiger partial charge in [0, 0.05) is 12.3 Å². The third kappa shape index (κ3) is 2.59. The fourth-order valence-corrected chi connectivity index (χ4v) is 1.89. The number of carbonyl (C=O) groups is 2. The molecule has 0 aliphatic heterocycles. The first-order chi connectivity index (χ1) is 9.02. The number of hydrogen-bond acceptors (Lipinski definition) is 5. The Balaban J connectivity index is 2.52. The number of rotatable bonds is 3. The van der Waals surface area contributed by atoms with Gasteiger partial charge in [-0.25, -0.2) is 4.79 Å². The summed E-state index contributed by atoms with van der Waals surface area (Å²) in [6, 6.07) is 4.87. The van der Waals surface area contributed by atoms with E-state index in [9.17, 15) is 9.59 Å². The Bertz CT molecular complexity index is 639. The van der Waals surface area contributed by atoms with E-state index >= 15 is 0 Å². The van der Waals surface area contributed by atoms with Crippen LogP contribution in [0.15, 0.2) is 22.6 Å². The number of hydrogen-bond donors (Lipinski definition) is 0. The average Bonchev–Trinajstić information content (AvgIpc) is 2.64. The van der Waals surface area contributed by atoms with Gasteiger partial charge in [-0.3, -0.25) is 4.79 Å². The zero-order valence-corrected chi connectivity index (χ0v) is 11.0. The lowest BCUT2D eigenvalue weighted by Gasteiger charge is -2.02. The van der Waals surface area contributed by atoms with Gasteiger partial charge in [-0.1, -0.05) is 0 Å². The predicted octanol–water partition coefficient (Wildman–Crippen LogP) is 2.84. The maximum absolute atomic E-state index is 11.9. The monoisotopic (exact) mass is 262 g/mol. The van der Waals surface area contributed by atoms with Gasteiger partial charge in [0.15, 0.2) is 0 Å². The van der Waals surface area contributed by atoms with Crippen LogP contribution >= 0.6 is 0 Å². The van der Waals surface area contributed by atoms with E-state index in [1.54, 1.807) is 32.0 Å². The molecule has 1 heterocycles. The zero-order valence-electron chi connectivity index (χ0n) is 11.0. The Morgan fingerprint density at radius 3 is 2.68 bits per heavy atom. The summed E-state index contributed by atoms with van der Waals surface area (Å²) in [6.07, 6.45) is 0. The Morgan fingerprint density at radius 2 is 2.05 bits per heavy atom. The molecule has 2 rings (SSSR count). The van der Waals surface area contributed by atoms with Crippen molar-refractivity contribution in [3.8, 4) is 5.75 Å². The second-order valence-electron chi connectivity index (χ2n) is 4.01. The minimum atomic E-state index is -0.446. The van der Waals surface area contributed by atoms with Crippen LogP contribution in [0, 0.1) is 6.92 Å². The highest BCUT2D eigenvalue weighted by atomic mass is 16.5. The van der Waals surface area contributed by atoms with E-state index in [1.807, 2.05) is 0 Å². The molecule has 0 atom stereocenters. The number of benzene rings is 1. The lowest BCUT2D eigenvalue weighted by atomic mass is 10.1. The lowest BCUT2D eigenvalue weighted by molar-refractivity contribution is -0.131. The molecule has 100 valence electrons. The minimum Gasteiger partial charge on any atom is -0.462 e. The topological polar surface area (TPSA) is 65.7 Å². The number of esters is 2. The Kier molecular flexibility index (Phi) is 3.55. The number of aryl methyl sites for hydroxylation is 1. The van der Waals surface area contributed by atoms with Crippen molar-refractivity contribution in [3.05, 3.63) is 29.5 Å². The van der Waals surface area contributed by atoms with Gasteiger partial charge in [0.25, 0.3) is 0 Å². The molecule has 0 aliphatic carbocycles. The standard InChI is InChI=1S/C14H14O5/c1-4-17-14(16)13-8(2)18-12-6-5-10(7-11(12)13)19-9(3)15/h5-7H,4H2,1-3H3. The molecule has 0 N–H and O–H groups in total. The highest BCUT2D eigenvalue weighted by Crippen LogP contribution is 2.29. The molecule has 1 aromatic heterocycles. The van der Waals surface area contributed by atoms with Crippen molar-refractivity contribution < 1.29 is 23.5 Å². The van der Waals surface area contributed by atoms with Crippen molar-refractivity contribution in [1.29, 1.82) is 0 Å². The molecule has 0 bridgehead atoms. The third-order valence-corrected chi connectivity index (χ3v) is 2.58. The molecule has 0 saturated heterocycles. The SMILES string of the molecule is CCOC(=O)c1c(C)oc2ccc(OC(C)=O)cc12. The summed E-state index contributed by atoms with van der Waals surface area (Å²) in [6.45, 7) is 5.03. The van der Waals surface area contributed by atoms with Gasteiger partial charge in [-0.05, 0) is 32.0 Å². The summed E-state index contributed by atoms with van der Waals surface area (Å²) >= 11 is 0. The number of ether oxygens (including phenoxy) is 2. The zero-order chi connectivity index (χ0) is 14.0. The van der Waals surface area contributed by atoms with Crippen LogP contribution in [-0.4, -0.2) is 18.5 Å². The Morgan fingerprint density at radius 1 is 1.32 bits per heavy atom. The van der Waals surface area contributed by atoms with Crippen LogP contribution in [0.3, 0.4) is 0 Å². The third-order valence-electron chi connectivity index (χ3n) is 2.58. The van der Waals surface area contributed by atoms with Gasteiger partial charge >= 0.3 is 11.9 Å². The van der Waals surface area contributed by atoms with Gasteiger partial charge in [0.05, 0.1) is 6.61 Å². The fourth-order valence-electron chi connectivity index (χ4n) is 1.89. The van der Waals surface area contributed by atoms with E-state index in [-0.39, 0.29) is 6.61 Å². The maximum Gasteiger partial charge on any atom is 0.342 e. The molecule has 19 heavy (non-hydrogen) atoms. The first kappa shape index (κ1) is 13.1. The Hall–Kier alpha value is -2.30. The second kappa shape index (κ2) is 5.14. The molecular weight excluding hydrogens is 248 g/mol. The van der Waals surface area contributed by atoms with Gasteiger partial charge in [0.2, 0.25) is 0 Å². The first-order valence-corrected chi connectivity index (χ1v) is 5.91. The van der Waals surface area contributed by atoms with Gasteiger partial charge < -0.3 is 13.9 Å². The van der Waals surface area contributed by atoms with E-state index < -0.39 is 11.9 Å². The normalized spacial score (nSPS) is 10.5. The highest BCUT2D eigenvalue weighted by Gasteiger charge is 2.19. The largest absolute Gasteiger partial charge is 0.462 e. The Labute approximate surface area is 110 Å². The molecule has 2 aromatic rings. The van der Waals surface area contributed by atoms with Crippen LogP contribution in [0.1, 0.15) is 30.0 Å². The molecule has 1 aromatic carbocycles. The van der Waals surface area contributed by atoms with Crippen LogP contribution in [0.2, 0.25) is 0 Å². The fraction of sp³-hybridized carbons (Fsp3) is 0.286. The molecule has 0 fully saturated rings. The van der Waals surface area contributed by atoms with E-state index in [1.165, 1.54) is 6.92 Å². The summed E-state index contributed by atoms with van der Waals surface area (Å²) < 4.78 is 15.5. The maximum atomic E-state index is 11.9. The van der Waals surface area contributed by atoms with Crippen molar-refractivity contribution in [1.82, 2.24) is 0 Å². The summed E-state index contributed by atoms with van der Waals surface area (Å²) in [7, 11) is 0. The van der Waals surface area contributed by atoms with Gasteiger partial charge in [-0.2, -0.15) is 0 Å². The summed E-state index contributed by atoms with van der Waals surface area (Å²) in [4.78, 5) is 22.8. The van der Waals surface area contributed by atoms with Crippen LogP contribution in [0.4, 0.5) is 0 Å². The minimum absolute atomic E-state index is 0.286. The van der Waals surface area contributed by atoms with Gasteiger partial charge in [0.1, 0.15) is 22.7 Å².